The van der Waals surface area contributed by atoms with Crippen molar-refractivity contribution in [2.24, 2.45) is 0 Å². The lowest BCUT2D eigenvalue weighted by atomic mass is 10.2. The molecule has 1 N–H and O–H groups in total. The Kier molecular flexibility index (Phi) is 7.17. The molecule has 2 aromatic carbocycles. The van der Waals surface area contributed by atoms with Gasteiger partial charge in [0.1, 0.15) is 0 Å². The number of carbonyl (C=O) groups excluding carboxylic acids is 1. The van der Waals surface area contributed by atoms with Gasteiger partial charge in [0.05, 0.1) is 22.0 Å². The summed E-state index contributed by atoms with van der Waals surface area (Å²) in [6, 6.07) is 11.4. The number of amides is 1. The van der Waals surface area contributed by atoms with Crippen LogP contribution in [0.2, 0.25) is 15.1 Å². The maximum Gasteiger partial charge on any atom is 0.232 e. The number of hydrogen-bond donors (Lipinski definition) is 1. The number of benzene rings is 2. The van der Waals surface area contributed by atoms with Gasteiger partial charge in [-0.05, 0) is 42.8 Å². The Balaban J connectivity index is 1.99. The Morgan fingerprint density at radius 1 is 1.08 bits per heavy atom. The number of sulfonamides is 1. The Morgan fingerprint density at radius 2 is 1.81 bits per heavy atom. The zero-order chi connectivity index (χ0) is 19.3. The smallest absolute Gasteiger partial charge is 0.232 e. The summed E-state index contributed by atoms with van der Waals surface area (Å²) in [5, 5.41) is 3.84. The van der Waals surface area contributed by atoms with Crippen LogP contribution < -0.4 is 9.62 Å². The van der Waals surface area contributed by atoms with E-state index >= 15 is 0 Å². The van der Waals surface area contributed by atoms with Crippen molar-refractivity contribution in [3.05, 3.63) is 57.5 Å². The summed E-state index contributed by atoms with van der Waals surface area (Å²) < 4.78 is 25.3. The van der Waals surface area contributed by atoms with Crippen LogP contribution in [0.15, 0.2) is 42.5 Å². The van der Waals surface area contributed by atoms with E-state index in [1.807, 2.05) is 0 Å². The predicted octanol–water partition coefficient (Wildman–Crippen LogP) is 4.83. The Bertz CT molecular complexity index is 904. The van der Waals surface area contributed by atoms with Gasteiger partial charge in [0, 0.05) is 23.7 Å². The molecule has 0 aromatic heterocycles. The zero-order valence-corrected chi connectivity index (χ0v) is 17.0. The molecule has 9 heteroatoms. The molecule has 5 nitrogen and oxygen atoms in total. The largest absolute Gasteiger partial charge is 0.326 e. The van der Waals surface area contributed by atoms with Crippen LogP contribution in [0.3, 0.4) is 0 Å². The molecule has 2 rings (SSSR count). The van der Waals surface area contributed by atoms with E-state index in [1.165, 1.54) is 16.4 Å². The number of anilines is 2. The van der Waals surface area contributed by atoms with Crippen LogP contribution in [0.4, 0.5) is 11.4 Å². The van der Waals surface area contributed by atoms with Crippen molar-refractivity contribution < 1.29 is 13.2 Å². The molecule has 1 amide bonds. The first-order chi connectivity index (χ1) is 12.2. The number of rotatable bonds is 7. The van der Waals surface area contributed by atoms with E-state index in [0.29, 0.717) is 27.8 Å². The third-order valence-corrected chi connectivity index (χ3v) is 5.63. The van der Waals surface area contributed by atoms with Gasteiger partial charge in [-0.25, -0.2) is 8.42 Å². The van der Waals surface area contributed by atoms with Gasteiger partial charge >= 0.3 is 0 Å². The summed E-state index contributed by atoms with van der Waals surface area (Å²) in [4.78, 5) is 12.0. The van der Waals surface area contributed by atoms with Gasteiger partial charge in [-0.2, -0.15) is 0 Å². The second-order valence-corrected chi connectivity index (χ2v) is 8.75. The fourth-order valence-corrected chi connectivity index (χ4v) is 3.74. The molecule has 0 unspecified atom stereocenters. The fraction of sp³-hybridized carbons (Fsp3) is 0.235. The minimum absolute atomic E-state index is 0.139. The summed E-state index contributed by atoms with van der Waals surface area (Å²) >= 11 is 17.7. The van der Waals surface area contributed by atoms with E-state index in [0.717, 1.165) is 6.26 Å². The summed E-state index contributed by atoms with van der Waals surface area (Å²) in [7, 11) is -3.53. The molecule has 26 heavy (non-hydrogen) atoms. The van der Waals surface area contributed by atoms with E-state index < -0.39 is 10.0 Å². The summed E-state index contributed by atoms with van der Waals surface area (Å²) in [5.41, 5.74) is 0.990. The van der Waals surface area contributed by atoms with Gasteiger partial charge in [0.25, 0.3) is 0 Å². The van der Waals surface area contributed by atoms with Gasteiger partial charge in [-0.3, -0.25) is 9.10 Å². The fourth-order valence-electron chi connectivity index (χ4n) is 2.30. The first-order valence-electron chi connectivity index (χ1n) is 7.65. The predicted molar refractivity (Wildman–Crippen MR) is 108 cm³/mol. The molecule has 0 heterocycles. The highest BCUT2D eigenvalue weighted by Gasteiger charge is 2.18. The van der Waals surface area contributed by atoms with Gasteiger partial charge in [-0.1, -0.05) is 40.9 Å². The lowest BCUT2D eigenvalue weighted by Gasteiger charge is -2.22. The van der Waals surface area contributed by atoms with E-state index in [-0.39, 0.29) is 23.9 Å². The topological polar surface area (TPSA) is 66.5 Å². The number of nitrogens with zero attached hydrogens (tertiary/aromatic N) is 1. The summed E-state index contributed by atoms with van der Waals surface area (Å²) in [6.45, 7) is 0.139. The van der Waals surface area contributed by atoms with Crippen molar-refractivity contribution in [3.63, 3.8) is 0 Å². The molecule has 0 spiro atoms. The third-order valence-electron chi connectivity index (χ3n) is 3.46. The SMILES string of the molecule is CS(=O)(=O)N(CCCC(=O)Nc1cccc(Cl)c1)c1ccc(Cl)c(Cl)c1. The standard InChI is InChI=1S/C17H17Cl3N2O3S/c1-26(24,25)22(14-7-8-15(19)16(20)11-14)9-3-6-17(23)21-13-5-2-4-12(18)10-13/h2,4-5,7-8,10-11H,3,6,9H2,1H3,(H,21,23). The molecule has 0 bridgehead atoms. The van der Waals surface area contributed by atoms with Crippen LogP contribution in [0.25, 0.3) is 0 Å². The van der Waals surface area contributed by atoms with E-state index in [2.05, 4.69) is 5.32 Å². The van der Waals surface area contributed by atoms with Crippen molar-refractivity contribution >= 4 is 62.1 Å². The van der Waals surface area contributed by atoms with Crippen molar-refractivity contribution in [1.29, 1.82) is 0 Å². The molecule has 0 saturated carbocycles. The molecule has 0 atom stereocenters. The minimum atomic E-state index is -3.53. The quantitative estimate of drug-likeness (QED) is 0.677. The zero-order valence-electron chi connectivity index (χ0n) is 13.9. The lowest BCUT2D eigenvalue weighted by molar-refractivity contribution is -0.116. The third kappa shape index (κ3) is 6.06. The Morgan fingerprint density at radius 3 is 2.42 bits per heavy atom. The maximum absolute atomic E-state index is 12.1. The lowest BCUT2D eigenvalue weighted by Crippen LogP contribution is -2.31. The van der Waals surface area contributed by atoms with Crippen LogP contribution >= 0.6 is 34.8 Å². The Labute approximate surface area is 167 Å². The maximum atomic E-state index is 12.1. The second-order valence-electron chi connectivity index (χ2n) is 5.60. The number of carbonyl (C=O) groups is 1. The number of hydrogen-bond acceptors (Lipinski definition) is 3. The van der Waals surface area contributed by atoms with Gasteiger partial charge in [0.2, 0.25) is 15.9 Å². The molecule has 0 fully saturated rings. The van der Waals surface area contributed by atoms with Gasteiger partial charge < -0.3 is 5.32 Å². The molecule has 2 aromatic rings. The van der Waals surface area contributed by atoms with Crippen LogP contribution in [-0.4, -0.2) is 27.1 Å². The van der Waals surface area contributed by atoms with Gasteiger partial charge in [-0.15, -0.1) is 0 Å². The summed E-state index contributed by atoms with van der Waals surface area (Å²) in [6.07, 6.45) is 1.58. The molecular weight excluding hydrogens is 419 g/mol. The highest BCUT2D eigenvalue weighted by atomic mass is 35.5. The molecule has 0 aliphatic heterocycles. The highest BCUT2D eigenvalue weighted by molar-refractivity contribution is 7.92. The molecule has 0 radical (unpaired) electrons. The first kappa shape index (κ1) is 20.8. The average Bonchev–Trinajstić information content (AvgIpc) is 2.53. The molecular formula is C17H17Cl3N2O3S. The highest BCUT2D eigenvalue weighted by Crippen LogP contribution is 2.28. The first-order valence-corrected chi connectivity index (χ1v) is 10.6. The van der Waals surface area contributed by atoms with Crippen LogP contribution in [0, 0.1) is 0 Å². The molecule has 140 valence electrons. The van der Waals surface area contributed by atoms with E-state index in [4.69, 9.17) is 34.8 Å². The monoisotopic (exact) mass is 434 g/mol. The molecule has 0 saturated heterocycles. The Hall–Kier alpha value is -1.47. The molecule has 0 aliphatic carbocycles. The van der Waals surface area contributed by atoms with E-state index in [9.17, 15) is 13.2 Å². The van der Waals surface area contributed by atoms with Crippen LogP contribution in [0.1, 0.15) is 12.8 Å². The van der Waals surface area contributed by atoms with E-state index in [1.54, 1.807) is 30.3 Å². The van der Waals surface area contributed by atoms with Gasteiger partial charge in [0.15, 0.2) is 0 Å². The van der Waals surface area contributed by atoms with Crippen molar-refractivity contribution in [2.45, 2.75) is 12.8 Å². The minimum Gasteiger partial charge on any atom is -0.326 e. The van der Waals surface area contributed by atoms with Crippen LogP contribution in [0.5, 0.6) is 0 Å². The van der Waals surface area contributed by atoms with Crippen molar-refractivity contribution in [3.8, 4) is 0 Å². The normalized spacial score (nSPS) is 11.2. The van der Waals surface area contributed by atoms with Crippen molar-refractivity contribution in [2.75, 3.05) is 22.4 Å². The molecule has 0 aliphatic rings. The van der Waals surface area contributed by atoms with Crippen LogP contribution in [-0.2, 0) is 14.8 Å². The van der Waals surface area contributed by atoms with Crippen molar-refractivity contribution in [1.82, 2.24) is 0 Å². The number of nitrogens with one attached hydrogen (secondary N) is 1. The second kappa shape index (κ2) is 8.95. The number of halogens is 3. The summed E-state index contributed by atoms with van der Waals surface area (Å²) in [5.74, 6) is -0.227. The average molecular weight is 436 g/mol.